The molecule has 128 valence electrons. The number of carbonyl (C=O) groups excluding carboxylic acids is 1. The third-order valence-electron chi connectivity index (χ3n) is 4.10. The van der Waals surface area contributed by atoms with E-state index in [9.17, 15) is 13.2 Å². The molecule has 7 heteroatoms. The van der Waals surface area contributed by atoms with Crippen LogP contribution in [-0.2, 0) is 14.8 Å². The number of rotatable bonds is 6. The van der Waals surface area contributed by atoms with E-state index in [0.717, 1.165) is 0 Å². The molecule has 1 unspecified atom stereocenters. The molecule has 0 bridgehead atoms. The van der Waals surface area contributed by atoms with Crippen LogP contribution in [0.15, 0.2) is 23.1 Å². The zero-order valence-corrected chi connectivity index (χ0v) is 14.8. The largest absolute Gasteiger partial charge is 0.497 e. The van der Waals surface area contributed by atoms with Gasteiger partial charge in [-0.15, -0.1) is 0 Å². The summed E-state index contributed by atoms with van der Waals surface area (Å²) in [5, 5.41) is 0. The Hall–Kier alpha value is -1.60. The van der Waals surface area contributed by atoms with Crippen LogP contribution in [0.2, 0.25) is 0 Å². The number of benzene rings is 1. The van der Waals surface area contributed by atoms with Crippen molar-refractivity contribution in [3.05, 3.63) is 23.8 Å². The molecule has 1 atom stereocenters. The zero-order chi connectivity index (χ0) is 17.2. The van der Waals surface area contributed by atoms with Crippen LogP contribution in [0.25, 0.3) is 0 Å². The van der Waals surface area contributed by atoms with Crippen molar-refractivity contribution in [2.24, 2.45) is 5.92 Å². The highest BCUT2D eigenvalue weighted by Crippen LogP contribution is 2.23. The molecule has 1 amide bonds. The Kier molecular flexibility index (Phi) is 5.31. The van der Waals surface area contributed by atoms with Crippen molar-refractivity contribution in [3.8, 4) is 5.75 Å². The molecule has 1 heterocycles. The summed E-state index contributed by atoms with van der Waals surface area (Å²) in [5.41, 5.74) is 0.628. The predicted molar refractivity (Wildman–Crippen MR) is 87.9 cm³/mol. The van der Waals surface area contributed by atoms with E-state index in [4.69, 9.17) is 4.74 Å². The lowest BCUT2D eigenvalue weighted by atomic mass is 10.1. The van der Waals surface area contributed by atoms with E-state index < -0.39 is 10.0 Å². The topological polar surface area (TPSA) is 75.7 Å². The van der Waals surface area contributed by atoms with E-state index in [1.807, 2.05) is 13.8 Å². The second kappa shape index (κ2) is 6.88. The molecule has 1 fully saturated rings. The first-order chi connectivity index (χ1) is 10.7. The average molecular weight is 340 g/mol. The lowest BCUT2D eigenvalue weighted by molar-refractivity contribution is -0.129. The Labute approximate surface area is 137 Å². The van der Waals surface area contributed by atoms with Crippen molar-refractivity contribution in [2.45, 2.75) is 38.1 Å². The first kappa shape index (κ1) is 17.7. The van der Waals surface area contributed by atoms with E-state index in [1.54, 1.807) is 31.1 Å². The van der Waals surface area contributed by atoms with Gasteiger partial charge in [-0.25, -0.2) is 13.1 Å². The number of hydrogen-bond donors (Lipinski definition) is 1. The number of aryl methyl sites for hydroxylation is 1. The van der Waals surface area contributed by atoms with Crippen LogP contribution in [0.3, 0.4) is 0 Å². The van der Waals surface area contributed by atoms with E-state index >= 15 is 0 Å². The molecule has 23 heavy (non-hydrogen) atoms. The van der Waals surface area contributed by atoms with Gasteiger partial charge in [-0.05, 0) is 50.5 Å². The standard InChI is InChI=1S/C16H24N2O4S/c1-11(2)18-10-13(8-16(18)19)9-17-23(20,21)15-6-5-14(22-4)7-12(15)3/h5-7,11,13,17H,8-10H2,1-4H3. The van der Waals surface area contributed by atoms with Gasteiger partial charge in [0.05, 0.1) is 12.0 Å². The van der Waals surface area contributed by atoms with Crippen molar-refractivity contribution in [2.75, 3.05) is 20.2 Å². The highest BCUT2D eigenvalue weighted by molar-refractivity contribution is 7.89. The second-order valence-corrected chi connectivity index (χ2v) is 7.93. The Bertz CT molecular complexity index is 685. The molecular formula is C16H24N2O4S. The average Bonchev–Trinajstić information content (AvgIpc) is 2.86. The van der Waals surface area contributed by atoms with Gasteiger partial charge in [0.1, 0.15) is 5.75 Å². The Morgan fingerprint density at radius 3 is 2.61 bits per heavy atom. The minimum atomic E-state index is -3.59. The SMILES string of the molecule is COc1ccc(S(=O)(=O)NCC2CC(=O)N(C(C)C)C2)c(C)c1. The van der Waals surface area contributed by atoms with Crippen molar-refractivity contribution >= 4 is 15.9 Å². The van der Waals surface area contributed by atoms with Crippen LogP contribution < -0.4 is 9.46 Å². The Morgan fingerprint density at radius 1 is 1.39 bits per heavy atom. The summed E-state index contributed by atoms with van der Waals surface area (Å²) in [6.45, 7) is 6.52. The maximum absolute atomic E-state index is 12.5. The second-order valence-electron chi connectivity index (χ2n) is 6.19. The molecule has 1 saturated heterocycles. The molecule has 6 nitrogen and oxygen atoms in total. The van der Waals surface area contributed by atoms with Crippen LogP contribution in [0.5, 0.6) is 5.75 Å². The molecule has 0 aromatic heterocycles. The third kappa shape index (κ3) is 4.03. The molecular weight excluding hydrogens is 316 g/mol. The van der Waals surface area contributed by atoms with Crippen molar-refractivity contribution in [1.29, 1.82) is 0 Å². The number of nitrogens with zero attached hydrogens (tertiary/aromatic N) is 1. The molecule has 1 aromatic rings. The van der Waals surface area contributed by atoms with Gasteiger partial charge in [-0.2, -0.15) is 0 Å². The molecule has 2 rings (SSSR count). The summed E-state index contributed by atoms with van der Waals surface area (Å²) < 4.78 is 32.6. The summed E-state index contributed by atoms with van der Waals surface area (Å²) in [5.74, 6) is 0.721. The smallest absolute Gasteiger partial charge is 0.240 e. The van der Waals surface area contributed by atoms with Crippen LogP contribution in [-0.4, -0.2) is 45.5 Å². The van der Waals surface area contributed by atoms with E-state index in [1.165, 1.54) is 6.07 Å². The van der Waals surface area contributed by atoms with Crippen LogP contribution >= 0.6 is 0 Å². The van der Waals surface area contributed by atoms with Gasteiger partial charge in [0.15, 0.2) is 0 Å². The fraction of sp³-hybridized carbons (Fsp3) is 0.562. The van der Waals surface area contributed by atoms with E-state index in [2.05, 4.69) is 4.72 Å². The van der Waals surface area contributed by atoms with Gasteiger partial charge in [-0.1, -0.05) is 0 Å². The number of amides is 1. The van der Waals surface area contributed by atoms with E-state index in [0.29, 0.717) is 24.3 Å². The van der Waals surface area contributed by atoms with Crippen molar-refractivity contribution < 1.29 is 17.9 Å². The predicted octanol–water partition coefficient (Wildman–Crippen LogP) is 1.54. The van der Waals surface area contributed by atoms with E-state index in [-0.39, 0.29) is 29.3 Å². The maximum atomic E-state index is 12.5. The molecule has 1 aromatic carbocycles. The number of nitrogens with one attached hydrogen (secondary N) is 1. The first-order valence-electron chi connectivity index (χ1n) is 7.68. The Balaban J connectivity index is 2.04. The quantitative estimate of drug-likeness (QED) is 0.852. The molecule has 0 aliphatic carbocycles. The van der Waals surface area contributed by atoms with Gasteiger partial charge in [0.2, 0.25) is 15.9 Å². The summed E-state index contributed by atoms with van der Waals surface area (Å²) in [6, 6.07) is 5.00. The normalized spacial score (nSPS) is 18.7. The number of ether oxygens (including phenoxy) is 1. The van der Waals surface area contributed by atoms with Gasteiger partial charge >= 0.3 is 0 Å². The van der Waals surface area contributed by atoms with Crippen LogP contribution in [0, 0.1) is 12.8 Å². The third-order valence-corrected chi connectivity index (χ3v) is 5.68. The van der Waals surface area contributed by atoms with Crippen LogP contribution in [0.1, 0.15) is 25.8 Å². The highest BCUT2D eigenvalue weighted by atomic mass is 32.2. The van der Waals surface area contributed by atoms with Gasteiger partial charge in [-0.3, -0.25) is 4.79 Å². The summed E-state index contributed by atoms with van der Waals surface area (Å²) in [6.07, 6.45) is 0.391. The lowest BCUT2D eigenvalue weighted by Gasteiger charge is -2.21. The molecule has 1 N–H and O–H groups in total. The molecule has 0 saturated carbocycles. The summed E-state index contributed by atoms with van der Waals surface area (Å²) in [7, 11) is -2.05. The molecule has 1 aliphatic rings. The fourth-order valence-corrected chi connectivity index (χ4v) is 4.14. The van der Waals surface area contributed by atoms with Crippen LogP contribution in [0.4, 0.5) is 0 Å². The number of sulfonamides is 1. The summed E-state index contributed by atoms with van der Waals surface area (Å²) >= 11 is 0. The van der Waals surface area contributed by atoms with Crippen molar-refractivity contribution in [1.82, 2.24) is 9.62 Å². The zero-order valence-electron chi connectivity index (χ0n) is 14.0. The maximum Gasteiger partial charge on any atom is 0.240 e. The van der Waals surface area contributed by atoms with Gasteiger partial charge in [0.25, 0.3) is 0 Å². The highest BCUT2D eigenvalue weighted by Gasteiger charge is 2.32. The Morgan fingerprint density at radius 2 is 2.09 bits per heavy atom. The molecule has 0 radical (unpaired) electrons. The number of carbonyl (C=O) groups is 1. The monoisotopic (exact) mass is 340 g/mol. The summed E-state index contributed by atoms with van der Waals surface area (Å²) in [4.78, 5) is 13.9. The van der Waals surface area contributed by atoms with Gasteiger partial charge < -0.3 is 9.64 Å². The minimum absolute atomic E-state index is 0.0122. The molecule has 1 aliphatic heterocycles. The molecule has 0 spiro atoms. The number of likely N-dealkylation sites (tertiary alicyclic amines) is 1. The first-order valence-corrected chi connectivity index (χ1v) is 9.16. The van der Waals surface area contributed by atoms with Gasteiger partial charge in [0, 0.05) is 25.6 Å². The fourth-order valence-electron chi connectivity index (χ4n) is 2.80. The number of methoxy groups -OCH3 is 1. The number of hydrogen-bond acceptors (Lipinski definition) is 4. The minimum Gasteiger partial charge on any atom is -0.497 e. The lowest BCUT2D eigenvalue weighted by Crippen LogP contribution is -2.34. The van der Waals surface area contributed by atoms with Crippen molar-refractivity contribution in [3.63, 3.8) is 0 Å².